The van der Waals surface area contributed by atoms with Gasteiger partial charge < -0.3 is 14.6 Å². The Balaban J connectivity index is 1.19. The smallest absolute Gasteiger partial charge is 0.140 e. The Morgan fingerprint density at radius 3 is 2.58 bits per heavy atom. The third-order valence-corrected chi connectivity index (χ3v) is 6.81. The van der Waals surface area contributed by atoms with Crippen LogP contribution < -0.4 is 4.90 Å². The topological polar surface area (TPSA) is 54.0 Å². The minimum atomic E-state index is -0.119. The number of nitrogens with one attached hydrogen (secondary N) is 1. The molecule has 31 heavy (non-hydrogen) atoms. The van der Waals surface area contributed by atoms with Crippen molar-refractivity contribution in [2.45, 2.75) is 38.9 Å². The largest absolute Gasteiger partial charge is 0.365 e. The molecule has 0 unspecified atom stereocenters. The molecule has 0 amide bonds. The molecule has 0 atom stereocenters. The van der Waals surface area contributed by atoms with Gasteiger partial charge in [-0.25, -0.2) is 9.97 Å². The van der Waals surface area contributed by atoms with Crippen molar-refractivity contribution in [3.05, 3.63) is 77.0 Å². The van der Waals surface area contributed by atoms with Gasteiger partial charge >= 0.3 is 0 Å². The van der Waals surface area contributed by atoms with Gasteiger partial charge in [0, 0.05) is 24.8 Å². The minimum Gasteiger partial charge on any atom is -0.365 e. The number of imidazole rings is 1. The van der Waals surface area contributed by atoms with Crippen LogP contribution in [0.1, 0.15) is 35.1 Å². The maximum absolute atomic E-state index is 6.35. The maximum Gasteiger partial charge on any atom is 0.140 e. The summed E-state index contributed by atoms with van der Waals surface area (Å²) in [4.78, 5) is 15.3. The average molecular weight is 411 g/mol. The number of benzene rings is 2. The highest BCUT2D eigenvalue weighted by Crippen LogP contribution is 2.44. The van der Waals surface area contributed by atoms with Crippen LogP contribution in [-0.4, -0.2) is 28.0 Å². The van der Waals surface area contributed by atoms with Crippen LogP contribution in [0.25, 0.3) is 22.4 Å². The molecule has 0 radical (unpaired) electrons. The van der Waals surface area contributed by atoms with Crippen molar-refractivity contribution in [2.75, 3.05) is 18.0 Å². The molecule has 0 saturated carbocycles. The zero-order valence-corrected chi connectivity index (χ0v) is 18.0. The Kier molecular flexibility index (Phi) is 4.15. The van der Waals surface area contributed by atoms with Crippen molar-refractivity contribution in [1.82, 2.24) is 15.0 Å². The number of ether oxygens (including phenoxy) is 1. The lowest BCUT2D eigenvalue weighted by atomic mass is 9.83. The fourth-order valence-corrected chi connectivity index (χ4v) is 5.06. The summed E-state index contributed by atoms with van der Waals surface area (Å²) < 4.78 is 6.35. The summed E-state index contributed by atoms with van der Waals surface area (Å²) in [6, 6.07) is 17.2. The zero-order chi connectivity index (χ0) is 21.0. The van der Waals surface area contributed by atoms with Crippen molar-refractivity contribution in [2.24, 2.45) is 0 Å². The average Bonchev–Trinajstić information content (AvgIpc) is 3.36. The van der Waals surface area contributed by atoms with Gasteiger partial charge in [-0.1, -0.05) is 29.8 Å². The first-order valence-corrected chi connectivity index (χ1v) is 11.0. The number of hydrogen-bond acceptors (Lipinski definition) is 4. The van der Waals surface area contributed by atoms with Gasteiger partial charge in [-0.2, -0.15) is 0 Å². The first-order valence-electron chi connectivity index (χ1n) is 11.0. The van der Waals surface area contributed by atoms with E-state index >= 15 is 0 Å². The highest BCUT2D eigenvalue weighted by Gasteiger charge is 2.42. The number of aryl methyl sites for hydroxylation is 2. The molecule has 5 heteroatoms. The standard InChI is InChI=1S/C26H26N4O/c1-17-3-6-21-20(13-17)16-31-26(21)9-11-30(12-10-26)24-8-5-19(15-27-24)25-28-22-7-4-18(2)14-23(22)29-25/h3-8,13-15H,9-12,16H2,1-2H3,(H,28,29). The molecule has 1 N–H and O–H groups in total. The van der Waals surface area contributed by atoms with E-state index in [0.29, 0.717) is 0 Å². The number of nitrogens with zero attached hydrogens (tertiary/aromatic N) is 3. The van der Waals surface area contributed by atoms with E-state index < -0.39 is 0 Å². The molecule has 6 rings (SSSR count). The van der Waals surface area contributed by atoms with Crippen LogP contribution in [0, 0.1) is 13.8 Å². The van der Waals surface area contributed by atoms with Crippen molar-refractivity contribution in [3.8, 4) is 11.4 Å². The lowest BCUT2D eigenvalue weighted by Crippen LogP contribution is -2.42. The van der Waals surface area contributed by atoms with Gasteiger partial charge in [0.05, 0.1) is 23.2 Å². The quantitative estimate of drug-likeness (QED) is 0.489. The van der Waals surface area contributed by atoms with Crippen LogP contribution in [0.4, 0.5) is 5.82 Å². The summed E-state index contributed by atoms with van der Waals surface area (Å²) in [6.45, 7) is 6.87. The van der Waals surface area contributed by atoms with Gasteiger partial charge in [0.1, 0.15) is 11.6 Å². The van der Waals surface area contributed by atoms with Gasteiger partial charge in [0.15, 0.2) is 0 Å². The van der Waals surface area contributed by atoms with Crippen LogP contribution in [0.15, 0.2) is 54.7 Å². The third-order valence-electron chi connectivity index (χ3n) is 6.81. The highest BCUT2D eigenvalue weighted by atomic mass is 16.5. The van der Waals surface area contributed by atoms with E-state index in [1.807, 2.05) is 6.20 Å². The van der Waals surface area contributed by atoms with E-state index in [4.69, 9.17) is 14.7 Å². The van der Waals surface area contributed by atoms with Crippen molar-refractivity contribution in [1.29, 1.82) is 0 Å². The lowest BCUT2D eigenvalue weighted by molar-refractivity contribution is -0.0551. The van der Waals surface area contributed by atoms with Crippen LogP contribution >= 0.6 is 0 Å². The number of rotatable bonds is 2. The molecule has 2 aromatic heterocycles. The number of hydrogen-bond donors (Lipinski definition) is 1. The molecule has 2 aromatic carbocycles. The SMILES string of the molecule is Cc1ccc2c(c1)COC21CCN(c2ccc(-c3nc4ccc(C)cc4[nH]3)cn2)CC1. The predicted octanol–water partition coefficient (Wildman–Crippen LogP) is 5.27. The van der Waals surface area contributed by atoms with Crippen LogP contribution in [0.3, 0.4) is 0 Å². The van der Waals surface area contributed by atoms with Gasteiger partial charge in [-0.3, -0.25) is 0 Å². The number of pyridine rings is 1. The van der Waals surface area contributed by atoms with Crippen molar-refractivity contribution >= 4 is 16.9 Å². The van der Waals surface area contributed by atoms with E-state index in [0.717, 1.165) is 60.8 Å². The fraction of sp³-hybridized carbons (Fsp3) is 0.308. The summed E-state index contributed by atoms with van der Waals surface area (Å²) in [5, 5.41) is 0. The molecule has 5 nitrogen and oxygen atoms in total. The summed E-state index contributed by atoms with van der Waals surface area (Å²) in [5.41, 5.74) is 8.22. The second-order valence-electron chi connectivity index (χ2n) is 8.94. The molecule has 1 saturated heterocycles. The Labute approximate surface area is 182 Å². The second-order valence-corrected chi connectivity index (χ2v) is 8.94. The molecule has 1 fully saturated rings. The van der Waals surface area contributed by atoms with Gasteiger partial charge in [0.25, 0.3) is 0 Å². The molecule has 4 heterocycles. The first-order chi connectivity index (χ1) is 15.1. The number of anilines is 1. The molecule has 4 aromatic rings. The zero-order valence-electron chi connectivity index (χ0n) is 18.0. The third kappa shape index (κ3) is 3.12. The number of aromatic amines is 1. The Bertz CT molecular complexity index is 1270. The monoisotopic (exact) mass is 410 g/mol. The van der Waals surface area contributed by atoms with Crippen LogP contribution in [-0.2, 0) is 16.9 Å². The minimum absolute atomic E-state index is 0.119. The first kappa shape index (κ1) is 18.6. The molecule has 156 valence electrons. The van der Waals surface area contributed by atoms with Gasteiger partial charge in [-0.05, 0) is 67.6 Å². The molecule has 1 spiro atoms. The van der Waals surface area contributed by atoms with Crippen LogP contribution in [0.2, 0.25) is 0 Å². The van der Waals surface area contributed by atoms with E-state index in [1.54, 1.807) is 0 Å². The summed E-state index contributed by atoms with van der Waals surface area (Å²) in [5.74, 6) is 1.89. The van der Waals surface area contributed by atoms with E-state index in [1.165, 1.54) is 22.3 Å². The molecule has 2 aliphatic rings. The molecule has 2 aliphatic heterocycles. The Morgan fingerprint density at radius 1 is 0.968 bits per heavy atom. The van der Waals surface area contributed by atoms with E-state index in [-0.39, 0.29) is 5.60 Å². The second kappa shape index (κ2) is 6.92. The van der Waals surface area contributed by atoms with Gasteiger partial charge in [0.2, 0.25) is 0 Å². The van der Waals surface area contributed by atoms with Crippen molar-refractivity contribution < 1.29 is 4.74 Å². The molecule has 0 bridgehead atoms. The fourth-order valence-electron chi connectivity index (χ4n) is 5.06. The summed E-state index contributed by atoms with van der Waals surface area (Å²) in [6.07, 6.45) is 3.92. The van der Waals surface area contributed by atoms with E-state index in [2.05, 4.69) is 72.3 Å². The molecule has 0 aliphatic carbocycles. The lowest BCUT2D eigenvalue weighted by Gasteiger charge is -2.39. The number of aromatic nitrogens is 3. The predicted molar refractivity (Wildman–Crippen MR) is 123 cm³/mol. The molecular formula is C26H26N4O. The summed E-state index contributed by atoms with van der Waals surface area (Å²) in [7, 11) is 0. The number of piperidine rings is 1. The van der Waals surface area contributed by atoms with Crippen molar-refractivity contribution in [3.63, 3.8) is 0 Å². The number of H-pyrrole nitrogens is 1. The van der Waals surface area contributed by atoms with Gasteiger partial charge in [-0.15, -0.1) is 0 Å². The normalized spacial score (nSPS) is 17.4. The van der Waals surface area contributed by atoms with Crippen LogP contribution in [0.5, 0.6) is 0 Å². The Hall–Kier alpha value is -3.18. The Morgan fingerprint density at radius 2 is 1.77 bits per heavy atom. The van der Waals surface area contributed by atoms with E-state index in [9.17, 15) is 0 Å². The maximum atomic E-state index is 6.35. The molecular weight excluding hydrogens is 384 g/mol. The summed E-state index contributed by atoms with van der Waals surface area (Å²) >= 11 is 0. The number of fused-ring (bicyclic) bond motifs is 3. The highest BCUT2D eigenvalue weighted by molar-refractivity contribution is 5.80.